The SMILES string of the molecule is CCn1cnnc1CNc1ccnc(Cc2ccccc2)n1. The maximum atomic E-state index is 4.54. The highest BCUT2D eigenvalue weighted by Crippen LogP contribution is 2.09. The lowest BCUT2D eigenvalue weighted by Crippen LogP contribution is -2.09. The first-order valence-corrected chi connectivity index (χ1v) is 7.31. The van der Waals surface area contributed by atoms with Gasteiger partial charge in [-0.1, -0.05) is 30.3 Å². The van der Waals surface area contributed by atoms with Crippen LogP contribution in [0.15, 0.2) is 48.9 Å². The summed E-state index contributed by atoms with van der Waals surface area (Å²) in [6.07, 6.45) is 4.23. The van der Waals surface area contributed by atoms with E-state index in [2.05, 4.69) is 44.5 Å². The molecule has 6 heteroatoms. The van der Waals surface area contributed by atoms with Gasteiger partial charge in [0.1, 0.15) is 18.0 Å². The van der Waals surface area contributed by atoms with Crippen molar-refractivity contribution in [3.8, 4) is 0 Å². The summed E-state index contributed by atoms with van der Waals surface area (Å²) in [5, 5.41) is 11.3. The van der Waals surface area contributed by atoms with Gasteiger partial charge in [0.25, 0.3) is 0 Å². The molecule has 0 bridgehead atoms. The predicted molar refractivity (Wildman–Crippen MR) is 84.3 cm³/mol. The van der Waals surface area contributed by atoms with E-state index in [0.29, 0.717) is 6.54 Å². The van der Waals surface area contributed by atoms with Gasteiger partial charge in [0, 0.05) is 19.2 Å². The van der Waals surface area contributed by atoms with Crippen LogP contribution in [0.3, 0.4) is 0 Å². The van der Waals surface area contributed by atoms with Gasteiger partial charge in [-0.25, -0.2) is 9.97 Å². The van der Waals surface area contributed by atoms with E-state index in [9.17, 15) is 0 Å². The number of rotatable bonds is 6. The van der Waals surface area contributed by atoms with Crippen LogP contribution in [0.2, 0.25) is 0 Å². The van der Waals surface area contributed by atoms with Gasteiger partial charge < -0.3 is 9.88 Å². The lowest BCUT2D eigenvalue weighted by molar-refractivity contribution is 0.707. The fourth-order valence-electron chi connectivity index (χ4n) is 2.21. The number of benzene rings is 1. The number of aryl methyl sites for hydroxylation is 1. The van der Waals surface area contributed by atoms with E-state index in [1.807, 2.05) is 28.8 Å². The zero-order valence-corrected chi connectivity index (χ0v) is 12.5. The Hall–Kier alpha value is -2.76. The quantitative estimate of drug-likeness (QED) is 0.755. The van der Waals surface area contributed by atoms with Crippen molar-refractivity contribution in [2.75, 3.05) is 5.32 Å². The molecule has 0 aliphatic rings. The number of nitrogens with one attached hydrogen (secondary N) is 1. The van der Waals surface area contributed by atoms with E-state index in [4.69, 9.17) is 0 Å². The molecule has 2 aromatic heterocycles. The van der Waals surface area contributed by atoms with Gasteiger partial charge in [0.05, 0.1) is 6.54 Å². The van der Waals surface area contributed by atoms with Crippen LogP contribution in [-0.4, -0.2) is 24.7 Å². The molecule has 0 fully saturated rings. The van der Waals surface area contributed by atoms with Crippen molar-refractivity contribution >= 4 is 5.82 Å². The fourth-order valence-corrected chi connectivity index (χ4v) is 2.21. The van der Waals surface area contributed by atoms with Crippen LogP contribution in [0, 0.1) is 0 Å². The van der Waals surface area contributed by atoms with Crippen LogP contribution in [-0.2, 0) is 19.5 Å². The van der Waals surface area contributed by atoms with Crippen molar-refractivity contribution in [2.45, 2.75) is 26.4 Å². The summed E-state index contributed by atoms with van der Waals surface area (Å²) in [6, 6.07) is 12.1. The summed E-state index contributed by atoms with van der Waals surface area (Å²) >= 11 is 0. The molecule has 0 aliphatic heterocycles. The van der Waals surface area contributed by atoms with Crippen molar-refractivity contribution in [3.05, 3.63) is 66.1 Å². The van der Waals surface area contributed by atoms with Crippen LogP contribution in [0.25, 0.3) is 0 Å². The molecular formula is C16H18N6. The first-order chi connectivity index (χ1) is 10.8. The first-order valence-electron chi connectivity index (χ1n) is 7.31. The molecule has 2 heterocycles. The molecule has 112 valence electrons. The molecule has 3 aromatic rings. The highest BCUT2D eigenvalue weighted by Gasteiger charge is 2.04. The van der Waals surface area contributed by atoms with Crippen LogP contribution >= 0.6 is 0 Å². The number of hydrogen-bond donors (Lipinski definition) is 1. The fraction of sp³-hybridized carbons (Fsp3) is 0.250. The predicted octanol–water partition coefficient (Wildman–Crippen LogP) is 2.29. The molecule has 0 unspecified atom stereocenters. The third-order valence-electron chi connectivity index (χ3n) is 3.37. The van der Waals surface area contributed by atoms with Crippen molar-refractivity contribution in [3.63, 3.8) is 0 Å². The summed E-state index contributed by atoms with van der Waals surface area (Å²) < 4.78 is 2.00. The zero-order chi connectivity index (χ0) is 15.2. The molecule has 0 spiro atoms. The van der Waals surface area contributed by atoms with E-state index < -0.39 is 0 Å². The van der Waals surface area contributed by atoms with Gasteiger partial charge >= 0.3 is 0 Å². The Bertz CT molecular complexity index is 722. The lowest BCUT2D eigenvalue weighted by atomic mass is 10.1. The van der Waals surface area contributed by atoms with E-state index >= 15 is 0 Å². The van der Waals surface area contributed by atoms with Crippen LogP contribution in [0.1, 0.15) is 24.1 Å². The highest BCUT2D eigenvalue weighted by molar-refractivity contribution is 5.34. The van der Waals surface area contributed by atoms with E-state index in [-0.39, 0.29) is 0 Å². The maximum absolute atomic E-state index is 4.54. The highest BCUT2D eigenvalue weighted by atomic mass is 15.3. The van der Waals surface area contributed by atoms with Gasteiger partial charge in [-0.3, -0.25) is 0 Å². The number of nitrogens with zero attached hydrogens (tertiary/aromatic N) is 5. The smallest absolute Gasteiger partial charge is 0.152 e. The maximum Gasteiger partial charge on any atom is 0.152 e. The molecule has 6 nitrogen and oxygen atoms in total. The van der Waals surface area contributed by atoms with Gasteiger partial charge in [-0.2, -0.15) is 0 Å². The zero-order valence-electron chi connectivity index (χ0n) is 12.5. The standard InChI is InChI=1S/C16H18N6/c1-2-22-12-19-21-16(22)11-18-14-8-9-17-15(20-14)10-13-6-4-3-5-7-13/h3-9,12H,2,10-11H2,1H3,(H,17,18,20). The van der Waals surface area contributed by atoms with Gasteiger partial charge in [0.2, 0.25) is 0 Å². The average Bonchev–Trinajstić information content (AvgIpc) is 3.02. The molecule has 0 aliphatic carbocycles. The number of hydrogen-bond acceptors (Lipinski definition) is 5. The molecule has 1 aromatic carbocycles. The molecule has 1 N–H and O–H groups in total. The van der Waals surface area contributed by atoms with E-state index in [1.165, 1.54) is 5.56 Å². The average molecular weight is 294 g/mol. The molecule has 0 radical (unpaired) electrons. The molecule has 0 amide bonds. The van der Waals surface area contributed by atoms with Crippen molar-refractivity contribution in [2.24, 2.45) is 0 Å². The molecule has 0 saturated carbocycles. The summed E-state index contributed by atoms with van der Waals surface area (Å²) in [6.45, 7) is 3.51. The molecular weight excluding hydrogens is 276 g/mol. The topological polar surface area (TPSA) is 68.5 Å². The summed E-state index contributed by atoms with van der Waals surface area (Å²) in [4.78, 5) is 8.87. The summed E-state index contributed by atoms with van der Waals surface area (Å²) in [5.74, 6) is 2.49. The molecule has 3 rings (SSSR count). The van der Waals surface area contributed by atoms with Crippen LogP contribution < -0.4 is 5.32 Å². The Morgan fingerprint density at radius 3 is 2.82 bits per heavy atom. The van der Waals surface area contributed by atoms with Gasteiger partial charge in [-0.15, -0.1) is 10.2 Å². The largest absolute Gasteiger partial charge is 0.363 e. The van der Waals surface area contributed by atoms with Crippen molar-refractivity contribution in [1.82, 2.24) is 24.7 Å². The third-order valence-corrected chi connectivity index (χ3v) is 3.37. The Balaban J connectivity index is 1.66. The summed E-state index contributed by atoms with van der Waals surface area (Å²) in [7, 11) is 0. The second-order valence-electron chi connectivity index (χ2n) is 4.91. The molecule has 22 heavy (non-hydrogen) atoms. The van der Waals surface area contributed by atoms with Crippen molar-refractivity contribution < 1.29 is 0 Å². The van der Waals surface area contributed by atoms with E-state index in [1.54, 1.807) is 12.5 Å². The lowest BCUT2D eigenvalue weighted by Gasteiger charge is -2.07. The van der Waals surface area contributed by atoms with Gasteiger partial charge in [-0.05, 0) is 18.6 Å². The number of aromatic nitrogens is 5. The van der Waals surface area contributed by atoms with Crippen LogP contribution in [0.5, 0.6) is 0 Å². The Morgan fingerprint density at radius 1 is 1.14 bits per heavy atom. The molecule has 0 saturated heterocycles. The Kier molecular flexibility index (Phi) is 4.38. The molecule has 0 atom stereocenters. The third kappa shape index (κ3) is 3.46. The Morgan fingerprint density at radius 2 is 2.00 bits per heavy atom. The van der Waals surface area contributed by atoms with Crippen molar-refractivity contribution in [1.29, 1.82) is 0 Å². The minimum absolute atomic E-state index is 0.593. The normalized spacial score (nSPS) is 10.6. The number of anilines is 1. The van der Waals surface area contributed by atoms with Gasteiger partial charge in [0.15, 0.2) is 5.82 Å². The monoisotopic (exact) mass is 294 g/mol. The summed E-state index contributed by atoms with van der Waals surface area (Å²) in [5.41, 5.74) is 1.20. The van der Waals surface area contributed by atoms with Crippen LogP contribution in [0.4, 0.5) is 5.82 Å². The minimum atomic E-state index is 0.593. The second kappa shape index (κ2) is 6.80. The minimum Gasteiger partial charge on any atom is -0.363 e. The first kappa shape index (κ1) is 14.2. The Labute approximate surface area is 129 Å². The van der Waals surface area contributed by atoms with E-state index in [0.717, 1.165) is 30.4 Å². The second-order valence-corrected chi connectivity index (χ2v) is 4.91.